The number of hydrogen-bond donors (Lipinski definition) is 1. The Bertz CT molecular complexity index is 843. The van der Waals surface area contributed by atoms with Crippen LogP contribution in [-0.4, -0.2) is 22.3 Å². The van der Waals surface area contributed by atoms with Gasteiger partial charge in [0.1, 0.15) is 5.76 Å². The molecule has 1 aliphatic heterocycles. The van der Waals surface area contributed by atoms with Crippen molar-refractivity contribution in [3.63, 3.8) is 0 Å². The highest BCUT2D eigenvalue weighted by molar-refractivity contribution is 5.92. The molecule has 0 spiro atoms. The van der Waals surface area contributed by atoms with Gasteiger partial charge in [-0.1, -0.05) is 18.2 Å². The number of nitrogens with zero attached hydrogens (tertiary/aromatic N) is 1. The molecule has 1 N–H and O–H groups in total. The summed E-state index contributed by atoms with van der Waals surface area (Å²) in [6.45, 7) is 1.39. The smallest absolute Gasteiger partial charge is 0.247 e. The molecule has 2 aromatic heterocycles. The number of H-pyrrole nitrogens is 1. The summed E-state index contributed by atoms with van der Waals surface area (Å²) in [5.41, 5.74) is 3.63. The van der Waals surface area contributed by atoms with Gasteiger partial charge in [0.25, 0.3) is 0 Å². The Hall–Kier alpha value is -2.75. The van der Waals surface area contributed by atoms with Crippen molar-refractivity contribution in [2.45, 2.75) is 13.0 Å². The van der Waals surface area contributed by atoms with Crippen molar-refractivity contribution in [2.24, 2.45) is 0 Å². The number of carbonyl (C=O) groups excluding carboxylic acids is 1. The van der Waals surface area contributed by atoms with E-state index < -0.39 is 0 Å². The van der Waals surface area contributed by atoms with Crippen LogP contribution in [0, 0.1) is 0 Å². The minimum atomic E-state index is 0.0207. The minimum absolute atomic E-state index is 0.0207. The van der Waals surface area contributed by atoms with Crippen LogP contribution >= 0.6 is 0 Å². The molecule has 0 atom stereocenters. The van der Waals surface area contributed by atoms with E-state index in [4.69, 9.17) is 4.42 Å². The van der Waals surface area contributed by atoms with E-state index in [0.29, 0.717) is 12.3 Å². The largest absolute Gasteiger partial charge is 0.465 e. The summed E-state index contributed by atoms with van der Waals surface area (Å²) in [6.07, 6.45) is 5.76. The van der Waals surface area contributed by atoms with E-state index in [1.165, 1.54) is 16.6 Å². The lowest BCUT2D eigenvalue weighted by molar-refractivity contribution is -0.126. The molecule has 1 aliphatic rings. The second-order valence-electron chi connectivity index (χ2n) is 5.49. The number of nitrogens with one attached hydrogen (secondary N) is 1. The highest BCUT2D eigenvalue weighted by Gasteiger charge is 2.22. The molecule has 0 saturated carbocycles. The van der Waals surface area contributed by atoms with Crippen LogP contribution in [0.15, 0.2) is 53.2 Å². The molecule has 0 radical (unpaired) electrons. The molecular weight excluding hydrogens is 276 g/mol. The molecule has 0 unspecified atom stereocenters. The van der Waals surface area contributed by atoms with Crippen LogP contribution in [0.2, 0.25) is 0 Å². The second kappa shape index (κ2) is 5.22. The summed E-state index contributed by atoms with van der Waals surface area (Å²) < 4.78 is 5.21. The van der Waals surface area contributed by atoms with Gasteiger partial charge in [-0.25, -0.2) is 0 Å². The first kappa shape index (κ1) is 13.0. The van der Waals surface area contributed by atoms with Crippen LogP contribution in [0.25, 0.3) is 17.0 Å². The Balaban J connectivity index is 1.57. The molecule has 0 saturated heterocycles. The molecule has 1 aromatic carbocycles. The van der Waals surface area contributed by atoms with E-state index >= 15 is 0 Å². The SMILES string of the molecule is O=C(/C=C/c1ccco1)N1CCc2[nH]c3ccccc3c2C1. The summed E-state index contributed by atoms with van der Waals surface area (Å²) in [4.78, 5) is 17.7. The standard InChI is InChI=1S/C18H16N2O2/c21-18(8-7-13-4-3-11-22-13)20-10-9-17-15(12-20)14-5-1-2-6-16(14)19-17/h1-8,11,19H,9-10,12H2/b8-7+. The molecule has 0 fully saturated rings. The number of fused-ring (bicyclic) bond motifs is 3. The number of hydrogen-bond acceptors (Lipinski definition) is 2. The van der Waals surface area contributed by atoms with Gasteiger partial charge in [0, 0.05) is 47.7 Å². The molecule has 110 valence electrons. The number of rotatable bonds is 2. The van der Waals surface area contributed by atoms with Crippen molar-refractivity contribution in [3.05, 3.63) is 65.8 Å². The molecule has 4 heteroatoms. The van der Waals surface area contributed by atoms with Crippen molar-refractivity contribution in [1.29, 1.82) is 0 Å². The number of benzene rings is 1. The van der Waals surface area contributed by atoms with Crippen LogP contribution in [0.4, 0.5) is 0 Å². The van der Waals surface area contributed by atoms with E-state index in [0.717, 1.165) is 18.5 Å². The maximum absolute atomic E-state index is 12.3. The molecule has 22 heavy (non-hydrogen) atoms. The molecule has 4 rings (SSSR count). The fraction of sp³-hybridized carbons (Fsp3) is 0.167. The molecule has 1 amide bonds. The van der Waals surface area contributed by atoms with Crippen LogP contribution in [0.5, 0.6) is 0 Å². The zero-order chi connectivity index (χ0) is 14.9. The lowest BCUT2D eigenvalue weighted by Crippen LogP contribution is -2.34. The van der Waals surface area contributed by atoms with Gasteiger partial charge in [-0.15, -0.1) is 0 Å². The van der Waals surface area contributed by atoms with Crippen LogP contribution in [-0.2, 0) is 17.8 Å². The second-order valence-corrected chi connectivity index (χ2v) is 5.49. The Morgan fingerprint density at radius 1 is 1.23 bits per heavy atom. The van der Waals surface area contributed by atoms with E-state index in [9.17, 15) is 4.79 Å². The Kier molecular flexibility index (Phi) is 3.07. The van der Waals surface area contributed by atoms with Crippen LogP contribution < -0.4 is 0 Å². The van der Waals surface area contributed by atoms with Gasteiger partial charge in [-0.05, 0) is 24.3 Å². The average molecular weight is 292 g/mol. The summed E-state index contributed by atoms with van der Waals surface area (Å²) in [5.74, 6) is 0.713. The van der Waals surface area contributed by atoms with Gasteiger partial charge in [-0.2, -0.15) is 0 Å². The lowest BCUT2D eigenvalue weighted by atomic mass is 10.0. The number of para-hydroxylation sites is 1. The van der Waals surface area contributed by atoms with Crippen molar-refractivity contribution in [1.82, 2.24) is 9.88 Å². The monoisotopic (exact) mass is 292 g/mol. The maximum Gasteiger partial charge on any atom is 0.247 e. The number of carbonyl (C=O) groups is 1. The first-order valence-corrected chi connectivity index (χ1v) is 7.40. The third-order valence-electron chi connectivity index (χ3n) is 4.13. The maximum atomic E-state index is 12.3. The number of aromatic nitrogens is 1. The summed E-state index contributed by atoms with van der Waals surface area (Å²) >= 11 is 0. The topological polar surface area (TPSA) is 49.2 Å². The third-order valence-corrected chi connectivity index (χ3v) is 4.13. The zero-order valence-electron chi connectivity index (χ0n) is 12.1. The van der Waals surface area contributed by atoms with Gasteiger partial charge in [0.15, 0.2) is 0 Å². The Labute approximate surface area is 128 Å². The number of amides is 1. The van der Waals surface area contributed by atoms with Gasteiger partial charge in [0.2, 0.25) is 5.91 Å². The lowest BCUT2D eigenvalue weighted by Gasteiger charge is -2.26. The predicted octanol–water partition coefficient (Wildman–Crippen LogP) is 3.36. The number of furan rings is 1. The van der Waals surface area contributed by atoms with Crippen molar-refractivity contribution < 1.29 is 9.21 Å². The summed E-state index contributed by atoms with van der Waals surface area (Å²) in [7, 11) is 0. The highest BCUT2D eigenvalue weighted by Crippen LogP contribution is 2.27. The predicted molar refractivity (Wildman–Crippen MR) is 85.2 cm³/mol. The van der Waals surface area contributed by atoms with Crippen LogP contribution in [0.3, 0.4) is 0 Å². The van der Waals surface area contributed by atoms with Gasteiger partial charge in [0.05, 0.1) is 6.26 Å². The van der Waals surface area contributed by atoms with Gasteiger partial charge >= 0.3 is 0 Å². The molecule has 0 bridgehead atoms. The van der Waals surface area contributed by atoms with Gasteiger partial charge < -0.3 is 14.3 Å². The first-order valence-electron chi connectivity index (χ1n) is 7.40. The average Bonchev–Trinajstić information content (AvgIpc) is 3.19. The Morgan fingerprint density at radius 3 is 3.00 bits per heavy atom. The van der Waals surface area contributed by atoms with E-state index in [2.05, 4.69) is 17.1 Å². The summed E-state index contributed by atoms with van der Waals surface area (Å²) in [5, 5.41) is 1.21. The zero-order valence-corrected chi connectivity index (χ0v) is 12.1. The third kappa shape index (κ3) is 2.22. The normalized spacial score (nSPS) is 14.6. The van der Waals surface area contributed by atoms with Crippen LogP contribution in [0.1, 0.15) is 17.0 Å². The fourth-order valence-electron chi connectivity index (χ4n) is 3.00. The van der Waals surface area contributed by atoms with Crippen molar-refractivity contribution in [2.75, 3.05) is 6.54 Å². The molecular formula is C18H16N2O2. The molecule has 3 heterocycles. The van der Waals surface area contributed by atoms with E-state index in [1.54, 1.807) is 18.4 Å². The van der Waals surface area contributed by atoms with Gasteiger partial charge in [-0.3, -0.25) is 4.79 Å². The molecule has 4 nitrogen and oxygen atoms in total. The van der Waals surface area contributed by atoms with E-state index in [-0.39, 0.29) is 5.91 Å². The highest BCUT2D eigenvalue weighted by atomic mass is 16.3. The Morgan fingerprint density at radius 2 is 2.14 bits per heavy atom. The minimum Gasteiger partial charge on any atom is -0.465 e. The molecule has 3 aromatic rings. The molecule has 0 aliphatic carbocycles. The quantitative estimate of drug-likeness (QED) is 0.736. The van der Waals surface area contributed by atoms with Crippen molar-refractivity contribution >= 4 is 22.9 Å². The number of aromatic amines is 1. The fourth-order valence-corrected chi connectivity index (χ4v) is 3.00. The first-order chi connectivity index (χ1) is 10.8. The van der Waals surface area contributed by atoms with E-state index in [1.807, 2.05) is 29.2 Å². The van der Waals surface area contributed by atoms with Crippen molar-refractivity contribution in [3.8, 4) is 0 Å². The summed E-state index contributed by atoms with van der Waals surface area (Å²) in [6, 6.07) is 11.9.